The normalized spacial score (nSPS) is 11.4. The van der Waals surface area contributed by atoms with E-state index in [1.54, 1.807) is 18.2 Å². The molecule has 0 atom stereocenters. The second-order valence-corrected chi connectivity index (χ2v) is 7.47. The number of aliphatic hydroxyl groups is 1. The van der Waals surface area contributed by atoms with Crippen LogP contribution in [0.25, 0.3) is 0 Å². The zero-order valence-corrected chi connectivity index (χ0v) is 14.5. The van der Waals surface area contributed by atoms with E-state index in [2.05, 4.69) is 36.6 Å². The highest BCUT2D eigenvalue weighted by molar-refractivity contribution is 9.11. The van der Waals surface area contributed by atoms with E-state index in [1.807, 2.05) is 0 Å². The second kappa shape index (κ2) is 6.43. The molecule has 2 N–H and O–H groups in total. The molecule has 0 saturated heterocycles. The minimum Gasteiger partial charge on any atom is -0.392 e. The molecular formula is C13H10Br2FNO3S. The van der Waals surface area contributed by atoms with E-state index >= 15 is 0 Å². The standard InChI is InChI=1S/C13H10Br2FNO3S/c14-10-2-1-3-11(15)13(10)17-21(19,20)12-6-9(16)5-4-8(12)7-18/h1-6,17-18H,7H2. The highest BCUT2D eigenvalue weighted by Gasteiger charge is 2.21. The lowest BCUT2D eigenvalue weighted by molar-refractivity contribution is 0.278. The highest BCUT2D eigenvalue weighted by atomic mass is 79.9. The zero-order valence-electron chi connectivity index (χ0n) is 10.5. The quantitative estimate of drug-likeness (QED) is 0.765. The molecule has 2 rings (SSSR count). The van der Waals surface area contributed by atoms with Gasteiger partial charge in [0, 0.05) is 8.95 Å². The van der Waals surface area contributed by atoms with Crippen LogP contribution >= 0.6 is 31.9 Å². The zero-order chi connectivity index (χ0) is 15.6. The Kier molecular flexibility index (Phi) is 5.03. The van der Waals surface area contributed by atoms with Gasteiger partial charge in [0.1, 0.15) is 5.82 Å². The third-order valence-corrected chi connectivity index (χ3v) is 5.44. The van der Waals surface area contributed by atoms with Gasteiger partial charge in [-0.05, 0) is 61.7 Å². The van der Waals surface area contributed by atoms with Gasteiger partial charge in [0.2, 0.25) is 0 Å². The molecule has 2 aromatic rings. The first kappa shape index (κ1) is 16.4. The van der Waals surface area contributed by atoms with Crippen molar-refractivity contribution in [3.8, 4) is 0 Å². The lowest BCUT2D eigenvalue weighted by atomic mass is 10.2. The molecule has 0 aliphatic heterocycles. The van der Waals surface area contributed by atoms with E-state index in [9.17, 15) is 17.9 Å². The van der Waals surface area contributed by atoms with Crippen LogP contribution in [0.2, 0.25) is 0 Å². The SMILES string of the molecule is O=S(=O)(Nc1c(Br)cccc1Br)c1cc(F)ccc1CO. The monoisotopic (exact) mass is 437 g/mol. The summed E-state index contributed by atoms with van der Waals surface area (Å²) in [6.07, 6.45) is 0. The average molecular weight is 439 g/mol. The molecule has 0 bridgehead atoms. The second-order valence-electron chi connectivity index (χ2n) is 4.11. The van der Waals surface area contributed by atoms with Gasteiger partial charge in [0.25, 0.3) is 10.0 Å². The third kappa shape index (κ3) is 3.63. The molecule has 0 aliphatic rings. The molecule has 0 spiro atoms. The van der Waals surface area contributed by atoms with Crippen LogP contribution in [0.4, 0.5) is 10.1 Å². The maximum absolute atomic E-state index is 13.3. The van der Waals surface area contributed by atoms with Crippen LogP contribution < -0.4 is 4.72 Å². The summed E-state index contributed by atoms with van der Waals surface area (Å²) in [5.41, 5.74) is 0.415. The third-order valence-electron chi connectivity index (χ3n) is 2.69. The van der Waals surface area contributed by atoms with Gasteiger partial charge in [-0.2, -0.15) is 0 Å². The summed E-state index contributed by atoms with van der Waals surface area (Å²) in [5.74, 6) is -0.696. The molecule has 0 amide bonds. The molecule has 8 heteroatoms. The van der Waals surface area contributed by atoms with Crippen LogP contribution in [0.1, 0.15) is 5.56 Å². The average Bonchev–Trinajstić information content (AvgIpc) is 2.43. The predicted octanol–water partition coefficient (Wildman–Crippen LogP) is 3.64. The van der Waals surface area contributed by atoms with Gasteiger partial charge in [0.15, 0.2) is 0 Å². The number of para-hydroxylation sites is 1. The van der Waals surface area contributed by atoms with Crippen molar-refractivity contribution in [2.75, 3.05) is 4.72 Å². The van der Waals surface area contributed by atoms with Crippen molar-refractivity contribution >= 4 is 47.6 Å². The Bertz CT molecular complexity index is 761. The molecule has 4 nitrogen and oxygen atoms in total. The van der Waals surface area contributed by atoms with E-state index in [0.717, 1.165) is 12.1 Å². The first-order chi connectivity index (χ1) is 9.85. The number of nitrogens with one attached hydrogen (secondary N) is 1. The minimum absolute atomic E-state index is 0.118. The number of rotatable bonds is 4. The number of halogens is 3. The van der Waals surface area contributed by atoms with Crippen LogP contribution in [0.15, 0.2) is 50.2 Å². The Morgan fingerprint density at radius 1 is 1.14 bits per heavy atom. The summed E-state index contributed by atoms with van der Waals surface area (Å²) in [4.78, 5) is -0.298. The highest BCUT2D eigenvalue weighted by Crippen LogP contribution is 2.33. The maximum atomic E-state index is 13.3. The van der Waals surface area contributed by atoms with E-state index < -0.39 is 22.4 Å². The van der Waals surface area contributed by atoms with Gasteiger partial charge in [-0.1, -0.05) is 12.1 Å². The fraction of sp³-hybridized carbons (Fsp3) is 0.0769. The molecule has 21 heavy (non-hydrogen) atoms. The summed E-state index contributed by atoms with van der Waals surface area (Å²) >= 11 is 6.48. The first-order valence-electron chi connectivity index (χ1n) is 5.71. The summed E-state index contributed by atoms with van der Waals surface area (Å²) in [5, 5.41) is 9.21. The van der Waals surface area contributed by atoms with E-state index in [0.29, 0.717) is 14.6 Å². The van der Waals surface area contributed by atoms with Crippen molar-refractivity contribution in [1.82, 2.24) is 0 Å². The lowest BCUT2D eigenvalue weighted by Crippen LogP contribution is -2.16. The van der Waals surface area contributed by atoms with Crippen molar-refractivity contribution in [3.05, 3.63) is 56.7 Å². The summed E-state index contributed by atoms with van der Waals surface area (Å²) in [7, 11) is -4.03. The minimum atomic E-state index is -4.03. The molecule has 0 unspecified atom stereocenters. The summed E-state index contributed by atoms with van der Waals surface area (Å²) < 4.78 is 41.6. The summed E-state index contributed by atoms with van der Waals surface area (Å²) in [6, 6.07) is 8.27. The fourth-order valence-corrected chi connectivity index (χ4v) is 4.50. The van der Waals surface area contributed by atoms with Crippen molar-refractivity contribution in [1.29, 1.82) is 0 Å². The number of hydrogen-bond acceptors (Lipinski definition) is 3. The Morgan fingerprint density at radius 3 is 2.33 bits per heavy atom. The number of sulfonamides is 1. The molecule has 0 heterocycles. The van der Waals surface area contributed by atoms with Gasteiger partial charge in [-0.3, -0.25) is 4.72 Å². The topological polar surface area (TPSA) is 66.4 Å². The Hall–Kier alpha value is -0.960. The van der Waals surface area contributed by atoms with Crippen LogP contribution in [0.3, 0.4) is 0 Å². The molecule has 0 fully saturated rings. The van der Waals surface area contributed by atoms with E-state index in [1.165, 1.54) is 6.07 Å². The van der Waals surface area contributed by atoms with Crippen molar-refractivity contribution in [2.24, 2.45) is 0 Å². The van der Waals surface area contributed by atoms with Crippen LogP contribution in [-0.2, 0) is 16.6 Å². The lowest BCUT2D eigenvalue weighted by Gasteiger charge is -2.13. The van der Waals surface area contributed by atoms with Gasteiger partial charge >= 0.3 is 0 Å². The number of benzene rings is 2. The molecule has 112 valence electrons. The maximum Gasteiger partial charge on any atom is 0.262 e. The molecule has 0 aliphatic carbocycles. The molecule has 0 aromatic heterocycles. The predicted molar refractivity (Wildman–Crippen MR) is 85.0 cm³/mol. The van der Waals surface area contributed by atoms with Crippen LogP contribution in [-0.4, -0.2) is 13.5 Å². The van der Waals surface area contributed by atoms with Crippen molar-refractivity contribution in [2.45, 2.75) is 11.5 Å². The summed E-state index contributed by atoms with van der Waals surface area (Å²) in [6.45, 7) is -0.506. The Balaban J connectivity index is 2.51. The fourth-order valence-electron chi connectivity index (χ4n) is 1.69. The first-order valence-corrected chi connectivity index (χ1v) is 8.78. The largest absolute Gasteiger partial charge is 0.392 e. The van der Waals surface area contributed by atoms with Gasteiger partial charge in [0.05, 0.1) is 17.2 Å². The molecular weight excluding hydrogens is 429 g/mol. The molecule has 0 radical (unpaired) electrons. The molecule has 0 saturated carbocycles. The Morgan fingerprint density at radius 2 is 1.76 bits per heavy atom. The van der Waals surface area contributed by atoms with Crippen molar-refractivity contribution < 1.29 is 17.9 Å². The van der Waals surface area contributed by atoms with E-state index in [-0.39, 0.29) is 10.5 Å². The molecule has 2 aromatic carbocycles. The Labute approximate surface area is 138 Å². The smallest absolute Gasteiger partial charge is 0.262 e. The number of hydrogen-bond donors (Lipinski definition) is 2. The van der Waals surface area contributed by atoms with Crippen LogP contribution in [0.5, 0.6) is 0 Å². The van der Waals surface area contributed by atoms with Gasteiger partial charge in [-0.25, -0.2) is 12.8 Å². The number of anilines is 1. The van der Waals surface area contributed by atoms with E-state index in [4.69, 9.17) is 0 Å². The van der Waals surface area contributed by atoms with Gasteiger partial charge in [-0.15, -0.1) is 0 Å². The van der Waals surface area contributed by atoms with Crippen molar-refractivity contribution in [3.63, 3.8) is 0 Å². The van der Waals surface area contributed by atoms with Crippen LogP contribution in [0, 0.1) is 5.82 Å². The van der Waals surface area contributed by atoms with Gasteiger partial charge < -0.3 is 5.11 Å². The number of aliphatic hydroxyl groups excluding tert-OH is 1.